The number of hydrogen-bond acceptors (Lipinski definition) is 3. The van der Waals surface area contributed by atoms with Gasteiger partial charge in [-0.3, -0.25) is 4.79 Å². The van der Waals surface area contributed by atoms with E-state index in [1.165, 1.54) is 0 Å². The van der Waals surface area contributed by atoms with E-state index < -0.39 is 11.7 Å². The van der Waals surface area contributed by atoms with E-state index in [1.54, 1.807) is 4.90 Å². The monoisotopic (exact) mass is 290 g/mol. The van der Waals surface area contributed by atoms with Crippen LogP contribution in [0.4, 0.5) is 4.79 Å². The highest BCUT2D eigenvalue weighted by Crippen LogP contribution is 2.17. The molecule has 2 amide bonds. The summed E-state index contributed by atoms with van der Waals surface area (Å²) >= 11 is 5.93. The third kappa shape index (κ3) is 6.14. The molecule has 2 unspecified atom stereocenters. The van der Waals surface area contributed by atoms with Gasteiger partial charge in [0, 0.05) is 26.1 Å². The highest BCUT2D eigenvalue weighted by atomic mass is 35.5. The first-order chi connectivity index (χ1) is 8.67. The summed E-state index contributed by atoms with van der Waals surface area (Å²) in [4.78, 5) is 24.8. The highest BCUT2D eigenvalue weighted by Gasteiger charge is 2.28. The Bertz CT molecular complexity index is 341. The molecule has 0 aromatic rings. The van der Waals surface area contributed by atoms with Crippen molar-refractivity contribution < 1.29 is 14.3 Å². The van der Waals surface area contributed by atoms with Crippen LogP contribution in [0.1, 0.15) is 34.1 Å². The molecule has 110 valence electrons. The molecule has 1 rings (SSSR count). The van der Waals surface area contributed by atoms with Crippen molar-refractivity contribution in [2.24, 2.45) is 5.92 Å². The van der Waals surface area contributed by atoms with E-state index in [-0.39, 0.29) is 17.2 Å². The minimum atomic E-state index is -0.496. The molecule has 1 aliphatic heterocycles. The van der Waals surface area contributed by atoms with E-state index >= 15 is 0 Å². The molecule has 1 saturated heterocycles. The van der Waals surface area contributed by atoms with Crippen LogP contribution in [0.3, 0.4) is 0 Å². The average Bonchev–Trinajstić information content (AvgIpc) is 2.52. The van der Waals surface area contributed by atoms with Gasteiger partial charge in [0.05, 0.1) is 5.38 Å². The Morgan fingerprint density at radius 1 is 1.58 bits per heavy atom. The number of nitrogens with one attached hydrogen (secondary N) is 1. The van der Waals surface area contributed by atoms with Gasteiger partial charge >= 0.3 is 6.09 Å². The van der Waals surface area contributed by atoms with Crippen molar-refractivity contribution >= 4 is 23.6 Å². The summed E-state index contributed by atoms with van der Waals surface area (Å²) in [5.74, 6) is 0.252. The second kappa shape index (κ2) is 6.46. The summed E-state index contributed by atoms with van der Waals surface area (Å²) in [5.41, 5.74) is -0.496. The number of hydrogen-bond donors (Lipinski definition) is 1. The predicted octanol–water partition coefficient (Wildman–Crippen LogP) is 1.99. The van der Waals surface area contributed by atoms with Crippen molar-refractivity contribution in [3.63, 3.8) is 0 Å². The Labute approximate surface area is 119 Å². The Morgan fingerprint density at radius 2 is 2.21 bits per heavy atom. The zero-order valence-electron chi connectivity index (χ0n) is 12.0. The summed E-state index contributed by atoms with van der Waals surface area (Å²) in [5, 5.41) is 2.62. The van der Waals surface area contributed by atoms with Crippen molar-refractivity contribution in [3.8, 4) is 0 Å². The second-order valence-electron chi connectivity index (χ2n) is 6.09. The maximum atomic E-state index is 11.6. The number of nitrogens with zero attached hydrogens (tertiary/aromatic N) is 1. The molecule has 19 heavy (non-hydrogen) atoms. The van der Waals surface area contributed by atoms with Crippen LogP contribution in [0.5, 0.6) is 0 Å². The lowest BCUT2D eigenvalue weighted by Crippen LogP contribution is -2.38. The average molecular weight is 291 g/mol. The summed E-state index contributed by atoms with van der Waals surface area (Å²) in [6.07, 6.45) is -0.0179. The molecule has 0 aromatic heterocycles. The summed E-state index contributed by atoms with van der Waals surface area (Å²) in [6, 6.07) is 0. The fourth-order valence-corrected chi connectivity index (χ4v) is 2.21. The number of carbonyl (C=O) groups excluding carboxylic acids is 2. The normalized spacial score (nSPS) is 21.4. The van der Waals surface area contributed by atoms with Crippen LogP contribution in [0.2, 0.25) is 0 Å². The number of alkyl halides is 1. The molecule has 5 nitrogen and oxygen atoms in total. The van der Waals surface area contributed by atoms with E-state index in [4.69, 9.17) is 16.3 Å². The predicted molar refractivity (Wildman–Crippen MR) is 74.2 cm³/mol. The first-order valence-corrected chi connectivity index (χ1v) is 6.99. The van der Waals surface area contributed by atoms with Crippen molar-refractivity contribution in [1.82, 2.24) is 10.2 Å². The van der Waals surface area contributed by atoms with Crippen LogP contribution in [-0.2, 0) is 9.53 Å². The number of likely N-dealkylation sites (tertiary alicyclic amines) is 1. The van der Waals surface area contributed by atoms with Crippen molar-refractivity contribution in [3.05, 3.63) is 0 Å². The first kappa shape index (κ1) is 16.1. The molecule has 0 bridgehead atoms. The molecule has 1 heterocycles. The lowest BCUT2D eigenvalue weighted by Gasteiger charge is -2.23. The van der Waals surface area contributed by atoms with E-state index in [0.717, 1.165) is 0 Å². The molecule has 0 aromatic carbocycles. The van der Waals surface area contributed by atoms with Crippen LogP contribution in [0.25, 0.3) is 0 Å². The molecule has 6 heteroatoms. The minimum Gasteiger partial charge on any atom is -0.444 e. The van der Waals surface area contributed by atoms with Gasteiger partial charge in [0.15, 0.2) is 0 Å². The standard InChI is InChI=1S/C13H23ClN2O3/c1-9(6-15-12(18)19-13(2,3)4)7-16-8-10(14)5-11(16)17/h9-10H,5-8H2,1-4H3,(H,15,18). The maximum Gasteiger partial charge on any atom is 0.407 e. The molecule has 0 saturated carbocycles. The van der Waals surface area contributed by atoms with Gasteiger partial charge in [0.2, 0.25) is 5.91 Å². The number of ether oxygens (including phenoxy) is 1. The lowest BCUT2D eigenvalue weighted by molar-refractivity contribution is -0.128. The van der Waals surface area contributed by atoms with Crippen LogP contribution in [0.15, 0.2) is 0 Å². The van der Waals surface area contributed by atoms with Crippen molar-refractivity contribution in [2.45, 2.75) is 45.1 Å². The van der Waals surface area contributed by atoms with Crippen LogP contribution >= 0.6 is 11.6 Å². The van der Waals surface area contributed by atoms with Gasteiger partial charge in [0.25, 0.3) is 0 Å². The Balaban J connectivity index is 2.26. The van der Waals surface area contributed by atoms with Crippen molar-refractivity contribution in [2.75, 3.05) is 19.6 Å². The molecule has 1 fully saturated rings. The van der Waals surface area contributed by atoms with E-state index in [0.29, 0.717) is 26.1 Å². The smallest absolute Gasteiger partial charge is 0.407 e. The molecular formula is C13H23ClN2O3. The van der Waals surface area contributed by atoms with Gasteiger partial charge in [-0.15, -0.1) is 11.6 Å². The van der Waals surface area contributed by atoms with Gasteiger partial charge < -0.3 is 15.0 Å². The number of halogens is 1. The molecule has 1 N–H and O–H groups in total. The maximum absolute atomic E-state index is 11.6. The van der Waals surface area contributed by atoms with E-state index in [1.807, 2.05) is 27.7 Å². The van der Waals surface area contributed by atoms with Gasteiger partial charge in [-0.05, 0) is 26.7 Å². The number of amides is 2. The number of alkyl carbamates (subject to hydrolysis) is 1. The zero-order valence-corrected chi connectivity index (χ0v) is 12.8. The molecular weight excluding hydrogens is 268 g/mol. The van der Waals surface area contributed by atoms with Crippen LogP contribution in [-0.4, -0.2) is 47.5 Å². The zero-order chi connectivity index (χ0) is 14.6. The lowest BCUT2D eigenvalue weighted by atomic mass is 10.1. The fraction of sp³-hybridized carbons (Fsp3) is 0.846. The van der Waals surface area contributed by atoms with Gasteiger partial charge in [-0.25, -0.2) is 4.79 Å². The Hall–Kier alpha value is -0.970. The van der Waals surface area contributed by atoms with Crippen LogP contribution in [0, 0.1) is 5.92 Å². The van der Waals surface area contributed by atoms with Crippen LogP contribution < -0.4 is 5.32 Å². The minimum absolute atomic E-state index is 0.0847. The van der Waals surface area contributed by atoms with E-state index in [2.05, 4.69) is 5.32 Å². The third-order valence-corrected chi connectivity index (χ3v) is 2.99. The highest BCUT2D eigenvalue weighted by molar-refractivity contribution is 6.22. The SMILES string of the molecule is CC(CNC(=O)OC(C)(C)C)CN1CC(Cl)CC1=O. The third-order valence-electron chi connectivity index (χ3n) is 2.69. The van der Waals surface area contributed by atoms with Gasteiger partial charge in [-0.1, -0.05) is 6.92 Å². The molecule has 0 aliphatic carbocycles. The Morgan fingerprint density at radius 3 is 2.68 bits per heavy atom. The number of carbonyl (C=O) groups is 2. The second-order valence-corrected chi connectivity index (χ2v) is 6.71. The summed E-state index contributed by atoms with van der Waals surface area (Å²) in [7, 11) is 0. The largest absolute Gasteiger partial charge is 0.444 e. The molecule has 2 atom stereocenters. The molecule has 0 spiro atoms. The Kier molecular flexibility index (Phi) is 5.47. The topological polar surface area (TPSA) is 58.6 Å². The van der Waals surface area contributed by atoms with Crippen molar-refractivity contribution in [1.29, 1.82) is 0 Å². The fourth-order valence-electron chi connectivity index (χ4n) is 1.91. The summed E-state index contributed by atoms with van der Waals surface area (Å²) < 4.78 is 5.14. The van der Waals surface area contributed by atoms with Gasteiger partial charge in [-0.2, -0.15) is 0 Å². The van der Waals surface area contributed by atoms with E-state index in [9.17, 15) is 9.59 Å². The quantitative estimate of drug-likeness (QED) is 0.806. The number of rotatable bonds is 4. The van der Waals surface area contributed by atoms with Gasteiger partial charge in [0.1, 0.15) is 5.60 Å². The first-order valence-electron chi connectivity index (χ1n) is 6.56. The summed E-state index contributed by atoms with van der Waals surface area (Å²) in [6.45, 7) is 9.12. The molecule has 0 radical (unpaired) electrons. The molecule has 1 aliphatic rings.